The molecular weight excluding hydrogens is 598 g/mol. The summed E-state index contributed by atoms with van der Waals surface area (Å²) in [6.07, 6.45) is 0.223. The minimum Gasteiger partial charge on any atom is -0.494 e. The number of hydrogen-bond donors (Lipinski definition) is 1. The van der Waals surface area contributed by atoms with Crippen LogP contribution in [-0.4, -0.2) is 51.4 Å². The first-order valence-corrected chi connectivity index (χ1v) is 16.1. The Morgan fingerprint density at radius 2 is 1.55 bits per heavy atom. The molecule has 4 aromatic rings. The van der Waals surface area contributed by atoms with E-state index in [1.807, 2.05) is 50.2 Å². The molecule has 0 aliphatic carbocycles. The first-order chi connectivity index (χ1) is 21.1. The summed E-state index contributed by atoms with van der Waals surface area (Å²) in [7, 11) is -2.68. The lowest BCUT2D eigenvalue weighted by Gasteiger charge is -2.33. The van der Waals surface area contributed by atoms with Crippen molar-refractivity contribution in [2.75, 3.05) is 24.5 Å². The molecule has 8 nitrogen and oxygen atoms in total. The number of carbonyl (C=O) groups is 2. The van der Waals surface area contributed by atoms with E-state index in [-0.39, 0.29) is 29.5 Å². The molecule has 0 aliphatic rings. The van der Waals surface area contributed by atoms with Crippen LogP contribution in [0.5, 0.6) is 5.75 Å². The summed E-state index contributed by atoms with van der Waals surface area (Å²) < 4.78 is 34.8. The largest absolute Gasteiger partial charge is 0.494 e. The minimum absolute atomic E-state index is 0.0337. The van der Waals surface area contributed by atoms with E-state index in [0.717, 1.165) is 15.4 Å². The van der Waals surface area contributed by atoms with E-state index in [0.29, 0.717) is 22.9 Å². The standard InChI is InChI=1S/C34H36ClN3O5S/c1-4-43-30-17-15-29(16-18-30)38(44(41,42)31-19-13-25(2)14-20-31)24-33(39)37(23-27-11-8-12-28(35)21-27)32(34(40)36-3)22-26-9-6-5-7-10-26/h5-21,32H,4,22-24H2,1-3H3,(H,36,40)/t32-/m1/s1. The second-order valence-electron chi connectivity index (χ2n) is 10.2. The van der Waals surface area contributed by atoms with Crippen molar-refractivity contribution in [3.63, 3.8) is 0 Å². The summed E-state index contributed by atoms with van der Waals surface area (Å²) in [5, 5.41) is 3.16. The molecule has 0 fully saturated rings. The van der Waals surface area contributed by atoms with E-state index >= 15 is 0 Å². The van der Waals surface area contributed by atoms with Crippen LogP contribution in [-0.2, 0) is 32.6 Å². The molecule has 0 aliphatic heterocycles. The van der Waals surface area contributed by atoms with Crippen molar-refractivity contribution in [3.05, 3.63) is 125 Å². The van der Waals surface area contributed by atoms with Crippen LogP contribution in [0.15, 0.2) is 108 Å². The van der Waals surface area contributed by atoms with Gasteiger partial charge in [-0.15, -0.1) is 0 Å². The highest BCUT2D eigenvalue weighted by Gasteiger charge is 2.34. The Balaban J connectivity index is 1.78. The summed E-state index contributed by atoms with van der Waals surface area (Å²) >= 11 is 6.26. The van der Waals surface area contributed by atoms with E-state index in [1.165, 1.54) is 24.1 Å². The maximum absolute atomic E-state index is 14.4. The van der Waals surface area contributed by atoms with Crippen LogP contribution >= 0.6 is 11.6 Å². The van der Waals surface area contributed by atoms with Gasteiger partial charge in [0.1, 0.15) is 18.3 Å². The van der Waals surface area contributed by atoms with Crippen molar-refractivity contribution < 1.29 is 22.7 Å². The molecule has 1 N–H and O–H groups in total. The number of nitrogens with one attached hydrogen (secondary N) is 1. The number of likely N-dealkylation sites (N-methyl/N-ethyl adjacent to an activating group) is 1. The summed E-state index contributed by atoms with van der Waals surface area (Å²) in [6.45, 7) is 3.65. The van der Waals surface area contributed by atoms with Gasteiger partial charge in [0.05, 0.1) is 17.2 Å². The number of amides is 2. The lowest BCUT2D eigenvalue weighted by molar-refractivity contribution is -0.139. The molecule has 4 aromatic carbocycles. The van der Waals surface area contributed by atoms with E-state index in [9.17, 15) is 18.0 Å². The van der Waals surface area contributed by atoms with Gasteiger partial charge in [-0.25, -0.2) is 8.42 Å². The number of halogens is 1. The Morgan fingerprint density at radius 3 is 2.16 bits per heavy atom. The number of ether oxygens (including phenoxy) is 1. The molecule has 0 heterocycles. The SMILES string of the molecule is CCOc1ccc(N(CC(=O)N(Cc2cccc(Cl)c2)[C@H](Cc2ccccc2)C(=O)NC)S(=O)(=O)c2ccc(C)cc2)cc1. The third-order valence-corrected chi connectivity index (χ3v) is 9.11. The molecule has 0 spiro atoms. The van der Waals surface area contributed by atoms with E-state index in [2.05, 4.69) is 5.32 Å². The predicted molar refractivity (Wildman–Crippen MR) is 173 cm³/mol. The maximum atomic E-state index is 14.4. The second kappa shape index (κ2) is 14.9. The molecule has 4 rings (SSSR count). The average Bonchev–Trinajstić information content (AvgIpc) is 3.02. The van der Waals surface area contributed by atoms with Gasteiger partial charge >= 0.3 is 0 Å². The van der Waals surface area contributed by atoms with Crippen molar-refractivity contribution in [2.24, 2.45) is 0 Å². The minimum atomic E-state index is -4.19. The number of carbonyl (C=O) groups excluding carboxylic acids is 2. The molecular formula is C34H36ClN3O5S. The number of rotatable bonds is 13. The topological polar surface area (TPSA) is 96.0 Å². The monoisotopic (exact) mass is 633 g/mol. The maximum Gasteiger partial charge on any atom is 0.264 e. The molecule has 0 aromatic heterocycles. The Kier molecular flexibility index (Phi) is 11.0. The number of benzene rings is 4. The zero-order valence-corrected chi connectivity index (χ0v) is 26.5. The number of aryl methyl sites for hydroxylation is 1. The van der Waals surface area contributed by atoms with Crippen molar-refractivity contribution in [2.45, 2.75) is 37.8 Å². The van der Waals surface area contributed by atoms with Gasteiger partial charge in [-0.05, 0) is 73.5 Å². The summed E-state index contributed by atoms with van der Waals surface area (Å²) in [5.74, 6) is -0.363. The highest BCUT2D eigenvalue weighted by atomic mass is 35.5. The third kappa shape index (κ3) is 8.18. The zero-order chi connectivity index (χ0) is 31.7. The molecule has 1 atom stereocenters. The Hall–Kier alpha value is -4.34. The molecule has 0 saturated heterocycles. The summed E-state index contributed by atoms with van der Waals surface area (Å²) in [4.78, 5) is 29.2. The van der Waals surface area contributed by atoms with Gasteiger partial charge in [0.15, 0.2) is 0 Å². The van der Waals surface area contributed by atoms with Gasteiger partial charge in [0, 0.05) is 25.0 Å². The van der Waals surface area contributed by atoms with Gasteiger partial charge in [0.25, 0.3) is 10.0 Å². The molecule has 0 unspecified atom stereocenters. The normalized spacial score (nSPS) is 11.8. The van der Waals surface area contributed by atoms with Crippen molar-refractivity contribution in [1.82, 2.24) is 10.2 Å². The smallest absolute Gasteiger partial charge is 0.264 e. The molecule has 0 saturated carbocycles. The van der Waals surface area contributed by atoms with E-state index in [1.54, 1.807) is 54.6 Å². The second-order valence-corrected chi connectivity index (χ2v) is 12.5. The average molecular weight is 634 g/mol. The first kappa shape index (κ1) is 32.6. The summed E-state index contributed by atoms with van der Waals surface area (Å²) in [6, 6.07) is 28.4. The Labute approximate surface area is 264 Å². The van der Waals surface area contributed by atoms with Crippen LogP contribution in [0.1, 0.15) is 23.6 Å². The molecule has 44 heavy (non-hydrogen) atoms. The van der Waals surface area contributed by atoms with E-state index < -0.39 is 28.5 Å². The quantitative estimate of drug-likeness (QED) is 0.206. The molecule has 10 heteroatoms. The van der Waals surface area contributed by atoms with Gasteiger partial charge in [-0.2, -0.15) is 0 Å². The fourth-order valence-corrected chi connectivity index (χ4v) is 6.42. The van der Waals surface area contributed by atoms with Gasteiger partial charge in [-0.3, -0.25) is 13.9 Å². The summed E-state index contributed by atoms with van der Waals surface area (Å²) in [5.41, 5.74) is 2.72. The number of nitrogens with zero attached hydrogens (tertiary/aromatic N) is 2. The number of anilines is 1. The lowest BCUT2D eigenvalue weighted by atomic mass is 10.0. The molecule has 2 amide bonds. The molecule has 0 bridgehead atoms. The van der Waals surface area contributed by atoms with Crippen LogP contribution in [0, 0.1) is 6.92 Å². The van der Waals surface area contributed by atoms with Crippen LogP contribution < -0.4 is 14.4 Å². The van der Waals surface area contributed by atoms with Gasteiger partial charge < -0.3 is 15.0 Å². The van der Waals surface area contributed by atoms with Crippen LogP contribution in [0.25, 0.3) is 0 Å². The Morgan fingerprint density at radius 1 is 0.886 bits per heavy atom. The van der Waals surface area contributed by atoms with Gasteiger partial charge in [0.2, 0.25) is 11.8 Å². The molecule has 230 valence electrons. The highest BCUT2D eigenvalue weighted by Crippen LogP contribution is 2.27. The van der Waals surface area contributed by atoms with Crippen LogP contribution in [0.2, 0.25) is 5.02 Å². The fourth-order valence-electron chi connectivity index (χ4n) is 4.79. The highest BCUT2D eigenvalue weighted by molar-refractivity contribution is 7.92. The third-order valence-electron chi connectivity index (χ3n) is 7.08. The van der Waals surface area contributed by atoms with Crippen LogP contribution in [0.4, 0.5) is 5.69 Å². The van der Waals surface area contributed by atoms with E-state index in [4.69, 9.17) is 16.3 Å². The fraction of sp³-hybridized carbons (Fsp3) is 0.235. The predicted octanol–water partition coefficient (Wildman–Crippen LogP) is 5.63. The molecule has 0 radical (unpaired) electrons. The van der Waals surface area contributed by atoms with Crippen molar-refractivity contribution in [3.8, 4) is 5.75 Å². The van der Waals surface area contributed by atoms with Crippen molar-refractivity contribution in [1.29, 1.82) is 0 Å². The van der Waals surface area contributed by atoms with Gasteiger partial charge in [-0.1, -0.05) is 71.8 Å². The Bertz CT molecular complexity index is 1660. The lowest BCUT2D eigenvalue weighted by Crippen LogP contribution is -2.53. The van der Waals surface area contributed by atoms with Crippen LogP contribution in [0.3, 0.4) is 0 Å². The first-order valence-electron chi connectivity index (χ1n) is 14.2. The number of hydrogen-bond acceptors (Lipinski definition) is 5. The zero-order valence-electron chi connectivity index (χ0n) is 24.9. The van der Waals surface area contributed by atoms with Crippen molar-refractivity contribution >= 4 is 39.1 Å². The number of sulfonamides is 1.